The molecule has 0 amide bonds. The van der Waals surface area contributed by atoms with Crippen LogP contribution in [0, 0.1) is 6.92 Å². The topological polar surface area (TPSA) is 75.0 Å². The first-order valence-electron chi connectivity index (χ1n) is 9.55. The minimum atomic E-state index is -0.857. The molecule has 1 aromatic heterocycles. The number of benzene rings is 2. The fraction of sp³-hybridized carbons (Fsp3) is 0.304. The van der Waals surface area contributed by atoms with E-state index in [1.165, 1.54) is 6.07 Å². The molecular weight excluding hydrogens is 372 g/mol. The van der Waals surface area contributed by atoms with Gasteiger partial charge in [0.2, 0.25) is 6.10 Å². The molecule has 0 saturated carbocycles. The van der Waals surface area contributed by atoms with Crippen molar-refractivity contribution in [3.05, 3.63) is 69.6 Å². The third-order valence-corrected chi connectivity index (χ3v) is 4.98. The van der Waals surface area contributed by atoms with Crippen molar-refractivity contribution in [1.29, 1.82) is 0 Å². The van der Waals surface area contributed by atoms with E-state index in [2.05, 4.69) is 13.8 Å². The Kier molecular flexibility index (Phi) is 5.01. The molecule has 29 heavy (non-hydrogen) atoms. The summed E-state index contributed by atoms with van der Waals surface area (Å²) in [6.07, 6.45) is -0.857. The molecule has 1 aliphatic heterocycles. The van der Waals surface area contributed by atoms with Gasteiger partial charge >= 0.3 is 11.6 Å². The van der Waals surface area contributed by atoms with Crippen molar-refractivity contribution < 1.29 is 23.4 Å². The summed E-state index contributed by atoms with van der Waals surface area (Å²) in [7, 11) is 0. The van der Waals surface area contributed by atoms with Gasteiger partial charge in [-0.15, -0.1) is 0 Å². The van der Waals surface area contributed by atoms with Crippen molar-refractivity contribution in [3.8, 4) is 11.5 Å². The molecule has 0 spiro atoms. The van der Waals surface area contributed by atoms with Gasteiger partial charge in [-0.05, 0) is 48.2 Å². The van der Waals surface area contributed by atoms with E-state index in [9.17, 15) is 9.59 Å². The van der Waals surface area contributed by atoms with E-state index in [1.54, 1.807) is 18.2 Å². The lowest BCUT2D eigenvalue weighted by Gasteiger charge is -2.25. The Morgan fingerprint density at radius 3 is 2.69 bits per heavy atom. The average Bonchev–Trinajstić information content (AvgIpc) is 2.70. The summed E-state index contributed by atoms with van der Waals surface area (Å²) in [6.45, 7) is 6.21. The Hall–Kier alpha value is -3.28. The van der Waals surface area contributed by atoms with E-state index in [-0.39, 0.29) is 13.2 Å². The lowest BCUT2D eigenvalue weighted by Crippen LogP contribution is -2.37. The molecule has 0 saturated heterocycles. The number of aryl methyl sites for hydroxylation is 1. The molecular formula is C23H22O6. The second-order valence-electron chi connectivity index (χ2n) is 7.42. The van der Waals surface area contributed by atoms with Crippen molar-refractivity contribution in [2.24, 2.45) is 0 Å². The number of carbonyl (C=O) groups excluding carboxylic acids is 1. The first kappa shape index (κ1) is 19.1. The van der Waals surface area contributed by atoms with Crippen LogP contribution in [0.2, 0.25) is 0 Å². The highest BCUT2D eigenvalue weighted by atomic mass is 16.6. The van der Waals surface area contributed by atoms with Gasteiger partial charge in [-0.2, -0.15) is 0 Å². The zero-order chi connectivity index (χ0) is 20.5. The van der Waals surface area contributed by atoms with Crippen LogP contribution in [0.15, 0.2) is 51.7 Å². The van der Waals surface area contributed by atoms with Gasteiger partial charge in [0.25, 0.3) is 0 Å². The van der Waals surface area contributed by atoms with Gasteiger partial charge in [-0.25, -0.2) is 9.59 Å². The van der Waals surface area contributed by atoms with Crippen LogP contribution in [0.25, 0.3) is 11.0 Å². The van der Waals surface area contributed by atoms with Gasteiger partial charge in [0.1, 0.15) is 18.8 Å². The molecule has 2 heterocycles. The molecule has 0 aliphatic carbocycles. The highest BCUT2D eigenvalue weighted by molar-refractivity contribution is 5.82. The van der Waals surface area contributed by atoms with Crippen LogP contribution >= 0.6 is 0 Å². The number of esters is 1. The quantitative estimate of drug-likeness (QED) is 0.490. The molecule has 6 nitrogen and oxygen atoms in total. The molecule has 0 unspecified atom stereocenters. The Labute approximate surface area is 168 Å². The average molecular weight is 394 g/mol. The maximum atomic E-state index is 12.5. The third kappa shape index (κ3) is 3.83. The molecule has 0 bridgehead atoms. The van der Waals surface area contributed by atoms with Crippen molar-refractivity contribution in [2.45, 2.75) is 39.4 Å². The summed E-state index contributed by atoms with van der Waals surface area (Å²) in [5, 5.41) is 0.762. The summed E-state index contributed by atoms with van der Waals surface area (Å²) in [5.74, 6) is 0.870. The van der Waals surface area contributed by atoms with Crippen LogP contribution in [-0.4, -0.2) is 18.7 Å². The lowest BCUT2D eigenvalue weighted by atomic mass is 9.95. The molecule has 6 heteroatoms. The highest BCUT2D eigenvalue weighted by Gasteiger charge is 2.29. The van der Waals surface area contributed by atoms with Crippen LogP contribution in [0.4, 0.5) is 0 Å². The SMILES string of the molecule is Cc1cc2oc(=O)cc(COC(=O)[C@H]3COc4ccccc4O3)c2cc1C(C)C. The number of hydrogen-bond acceptors (Lipinski definition) is 6. The van der Waals surface area contributed by atoms with Crippen molar-refractivity contribution >= 4 is 16.9 Å². The number of para-hydroxylation sites is 2. The lowest BCUT2D eigenvalue weighted by molar-refractivity contribution is -0.155. The van der Waals surface area contributed by atoms with E-state index < -0.39 is 17.7 Å². The largest absolute Gasteiger partial charge is 0.485 e. The van der Waals surface area contributed by atoms with Crippen molar-refractivity contribution in [2.75, 3.05) is 6.61 Å². The molecule has 4 rings (SSSR count). The van der Waals surface area contributed by atoms with Gasteiger partial charge in [0.05, 0.1) is 0 Å². The maximum Gasteiger partial charge on any atom is 0.351 e. The predicted molar refractivity (Wildman–Crippen MR) is 107 cm³/mol. The van der Waals surface area contributed by atoms with Gasteiger partial charge in [-0.1, -0.05) is 26.0 Å². The Bertz CT molecular complexity index is 1130. The fourth-order valence-electron chi connectivity index (χ4n) is 3.51. The summed E-state index contributed by atoms with van der Waals surface area (Å²) < 4.78 is 22.0. The molecule has 2 aromatic carbocycles. The second kappa shape index (κ2) is 7.62. The molecule has 1 atom stereocenters. The number of rotatable bonds is 4. The van der Waals surface area contributed by atoms with Gasteiger partial charge in [0, 0.05) is 17.0 Å². The maximum absolute atomic E-state index is 12.5. The van der Waals surface area contributed by atoms with E-state index in [4.69, 9.17) is 18.6 Å². The Balaban J connectivity index is 1.56. The predicted octanol–water partition coefficient (Wildman–Crippen LogP) is 4.11. The standard InChI is InChI=1S/C23H22O6/c1-13(2)16-10-17-15(9-22(24)29-20(17)8-14(16)3)11-27-23(25)21-12-26-18-6-4-5-7-19(18)28-21/h4-10,13,21H,11-12H2,1-3H3/t21-/m1/s1. The minimum absolute atomic E-state index is 0.0525. The zero-order valence-electron chi connectivity index (χ0n) is 16.6. The van der Waals surface area contributed by atoms with Crippen LogP contribution in [-0.2, 0) is 16.1 Å². The zero-order valence-corrected chi connectivity index (χ0v) is 16.6. The Morgan fingerprint density at radius 1 is 1.17 bits per heavy atom. The van der Waals surface area contributed by atoms with Crippen LogP contribution in [0.3, 0.4) is 0 Å². The second-order valence-corrected chi connectivity index (χ2v) is 7.42. The fourth-order valence-corrected chi connectivity index (χ4v) is 3.51. The molecule has 0 N–H and O–H groups in total. The van der Waals surface area contributed by atoms with E-state index in [0.717, 1.165) is 16.5 Å². The number of hydrogen-bond donors (Lipinski definition) is 0. The smallest absolute Gasteiger partial charge is 0.351 e. The molecule has 3 aromatic rings. The third-order valence-electron chi connectivity index (χ3n) is 4.98. The number of ether oxygens (including phenoxy) is 3. The summed E-state index contributed by atoms with van der Waals surface area (Å²) in [6, 6.07) is 12.4. The summed E-state index contributed by atoms with van der Waals surface area (Å²) >= 11 is 0. The van der Waals surface area contributed by atoms with Crippen molar-refractivity contribution in [3.63, 3.8) is 0 Å². The number of carbonyl (C=O) groups is 1. The first-order valence-corrected chi connectivity index (χ1v) is 9.55. The molecule has 0 fully saturated rings. The van der Waals surface area contributed by atoms with Crippen LogP contribution in [0.5, 0.6) is 11.5 Å². The highest BCUT2D eigenvalue weighted by Crippen LogP contribution is 2.31. The van der Waals surface area contributed by atoms with E-state index in [1.807, 2.05) is 25.1 Å². The normalized spacial score (nSPS) is 15.5. The Morgan fingerprint density at radius 2 is 1.93 bits per heavy atom. The minimum Gasteiger partial charge on any atom is -0.485 e. The molecule has 1 aliphatic rings. The summed E-state index contributed by atoms with van der Waals surface area (Å²) in [4.78, 5) is 24.5. The molecule has 0 radical (unpaired) electrons. The van der Waals surface area contributed by atoms with Crippen LogP contribution in [0.1, 0.15) is 36.5 Å². The van der Waals surface area contributed by atoms with E-state index in [0.29, 0.717) is 28.6 Å². The summed E-state index contributed by atoms with van der Waals surface area (Å²) in [5.41, 5.74) is 2.81. The monoisotopic (exact) mass is 394 g/mol. The van der Waals surface area contributed by atoms with E-state index >= 15 is 0 Å². The molecule has 150 valence electrons. The number of fused-ring (bicyclic) bond motifs is 2. The first-order chi connectivity index (χ1) is 13.9. The van der Waals surface area contributed by atoms with Gasteiger partial charge < -0.3 is 18.6 Å². The van der Waals surface area contributed by atoms with Gasteiger partial charge in [0.15, 0.2) is 11.5 Å². The van der Waals surface area contributed by atoms with Crippen molar-refractivity contribution in [1.82, 2.24) is 0 Å². The van der Waals surface area contributed by atoms with Gasteiger partial charge in [-0.3, -0.25) is 0 Å². The van der Waals surface area contributed by atoms with Crippen LogP contribution < -0.4 is 15.1 Å².